The molecule has 0 aliphatic carbocycles. The zero-order chi connectivity index (χ0) is 46.9. The number of unbranched alkanes of at least 4 members (excludes halogenated alkanes) is 29. The molecule has 1 saturated heterocycles. The number of allylic oxidation sites excluding steroid dienone is 4. The molecule has 1 fully saturated rings. The zero-order valence-electron chi connectivity index (χ0n) is 41.0. The lowest BCUT2D eigenvalue weighted by Gasteiger charge is -2.40. The van der Waals surface area contributed by atoms with E-state index < -0.39 is 74.2 Å². The summed E-state index contributed by atoms with van der Waals surface area (Å²) >= 11 is 0. The highest BCUT2D eigenvalue weighted by Crippen LogP contribution is 2.23. The Balaban J connectivity index is 2.40. The second-order valence-electron chi connectivity index (χ2n) is 18.9. The maximum Gasteiger partial charge on any atom is 0.249 e. The summed E-state index contributed by atoms with van der Waals surface area (Å²) in [6.45, 7) is 3.45. The highest BCUT2D eigenvalue weighted by Gasteiger charge is 2.44. The molecule has 0 radical (unpaired) electrons. The van der Waals surface area contributed by atoms with Crippen molar-refractivity contribution < 1.29 is 50.0 Å². The number of hydrogen-bond acceptors (Lipinski definition) is 10. The fourth-order valence-corrected chi connectivity index (χ4v) is 8.55. The van der Waals surface area contributed by atoms with Crippen molar-refractivity contribution in [2.24, 2.45) is 0 Å². The fourth-order valence-electron chi connectivity index (χ4n) is 8.55. The Morgan fingerprint density at radius 2 is 0.922 bits per heavy atom. The largest absolute Gasteiger partial charge is 0.394 e. The number of rotatable bonds is 45. The van der Waals surface area contributed by atoms with Gasteiger partial charge in [-0.2, -0.15) is 0 Å². The lowest BCUT2D eigenvalue weighted by atomic mass is 9.98. The Bertz CT molecular complexity index is 1090. The Morgan fingerprint density at radius 1 is 0.531 bits per heavy atom. The number of ether oxygens (including phenoxy) is 2. The number of aliphatic hydroxyl groups is 7. The minimum Gasteiger partial charge on any atom is -0.394 e. The van der Waals surface area contributed by atoms with E-state index >= 15 is 0 Å². The van der Waals surface area contributed by atoms with E-state index in [0.29, 0.717) is 12.8 Å². The van der Waals surface area contributed by atoms with Crippen molar-refractivity contribution in [3.8, 4) is 0 Å². The molecule has 64 heavy (non-hydrogen) atoms. The molecular formula is C53H101NO10. The molecule has 11 heteroatoms. The number of amides is 1. The third kappa shape index (κ3) is 31.5. The van der Waals surface area contributed by atoms with E-state index in [2.05, 4.69) is 43.5 Å². The number of hydrogen-bond donors (Lipinski definition) is 8. The van der Waals surface area contributed by atoms with Crippen LogP contribution >= 0.6 is 0 Å². The minimum atomic E-state index is -1.67. The summed E-state index contributed by atoms with van der Waals surface area (Å²) in [7, 11) is 0. The van der Waals surface area contributed by atoms with Crippen LogP contribution in [0.1, 0.15) is 239 Å². The van der Waals surface area contributed by atoms with Gasteiger partial charge >= 0.3 is 0 Å². The molecular weight excluding hydrogens is 811 g/mol. The summed E-state index contributed by atoms with van der Waals surface area (Å²) in [5.74, 6) is -0.709. The van der Waals surface area contributed by atoms with Crippen LogP contribution in [-0.2, 0) is 14.3 Å². The standard InChI is InChI=1S/C53H101NO10/c1-3-5-7-9-11-13-15-17-19-21-23-25-27-29-31-33-35-37-39-41-46(57)52(62)54-44(43-63-53-51(61)50(60)49(59)47(42-55)64-53)48(58)45(56)40-38-36-34-32-30-28-26-24-22-20-18-16-14-12-10-8-6-4-2/h23,25,32,34,44-51,53,55-61H,3-22,24,26-31,33,35-43H2,1-2H3,(H,54,62)/b25-23-,34-32+. The molecule has 9 unspecified atom stereocenters. The number of nitrogens with one attached hydrogen (secondary N) is 1. The lowest BCUT2D eigenvalue weighted by Crippen LogP contribution is -2.60. The quantitative estimate of drug-likeness (QED) is 0.0216. The minimum absolute atomic E-state index is 0.248. The Labute approximate surface area is 391 Å². The smallest absolute Gasteiger partial charge is 0.249 e. The maximum atomic E-state index is 13.1. The molecule has 0 saturated carbocycles. The van der Waals surface area contributed by atoms with Crippen LogP contribution in [0.5, 0.6) is 0 Å². The Kier molecular flexibility index (Phi) is 40.6. The van der Waals surface area contributed by atoms with Gasteiger partial charge in [-0.05, 0) is 64.2 Å². The summed E-state index contributed by atoms with van der Waals surface area (Å²) in [5.41, 5.74) is 0. The second kappa shape index (κ2) is 42.9. The molecule has 1 aliphatic heterocycles. The van der Waals surface area contributed by atoms with E-state index in [1.807, 2.05) is 0 Å². The first-order valence-corrected chi connectivity index (χ1v) is 26.7. The summed E-state index contributed by atoms with van der Waals surface area (Å²) < 4.78 is 11.1. The van der Waals surface area contributed by atoms with Crippen molar-refractivity contribution in [2.45, 2.75) is 294 Å². The van der Waals surface area contributed by atoms with E-state index in [1.54, 1.807) is 0 Å². The summed E-state index contributed by atoms with van der Waals surface area (Å²) in [4.78, 5) is 13.1. The van der Waals surface area contributed by atoms with Crippen LogP contribution in [0.3, 0.4) is 0 Å². The predicted molar refractivity (Wildman–Crippen MR) is 261 cm³/mol. The number of carbonyl (C=O) groups excluding carboxylic acids is 1. The average Bonchev–Trinajstić information content (AvgIpc) is 3.29. The van der Waals surface area contributed by atoms with Crippen molar-refractivity contribution in [1.82, 2.24) is 5.32 Å². The molecule has 1 heterocycles. The van der Waals surface area contributed by atoms with Crippen LogP contribution in [0, 0.1) is 0 Å². The van der Waals surface area contributed by atoms with Gasteiger partial charge in [0.25, 0.3) is 0 Å². The van der Waals surface area contributed by atoms with Crippen molar-refractivity contribution in [2.75, 3.05) is 13.2 Å². The predicted octanol–water partition coefficient (Wildman–Crippen LogP) is 10.2. The van der Waals surface area contributed by atoms with E-state index in [9.17, 15) is 40.5 Å². The molecule has 1 aliphatic rings. The first-order valence-electron chi connectivity index (χ1n) is 26.7. The maximum absolute atomic E-state index is 13.1. The van der Waals surface area contributed by atoms with Gasteiger partial charge in [0.15, 0.2) is 6.29 Å². The molecule has 0 aromatic rings. The van der Waals surface area contributed by atoms with Gasteiger partial charge < -0.3 is 50.5 Å². The summed E-state index contributed by atoms with van der Waals surface area (Å²) in [5, 5.41) is 75.9. The first kappa shape index (κ1) is 60.6. The molecule has 8 N–H and O–H groups in total. The molecule has 1 amide bonds. The molecule has 9 atom stereocenters. The molecule has 0 spiro atoms. The summed E-state index contributed by atoms with van der Waals surface area (Å²) in [6.07, 6.45) is 37.9. The molecule has 0 aromatic heterocycles. The number of carbonyl (C=O) groups is 1. The van der Waals surface area contributed by atoms with Gasteiger partial charge in [0.2, 0.25) is 5.91 Å². The molecule has 0 aromatic carbocycles. The Morgan fingerprint density at radius 3 is 1.34 bits per heavy atom. The third-order valence-electron chi connectivity index (χ3n) is 13.0. The van der Waals surface area contributed by atoms with Crippen LogP contribution in [0.15, 0.2) is 24.3 Å². The first-order chi connectivity index (χ1) is 31.2. The van der Waals surface area contributed by atoms with Gasteiger partial charge in [-0.25, -0.2) is 0 Å². The van der Waals surface area contributed by atoms with Gasteiger partial charge in [0, 0.05) is 0 Å². The van der Waals surface area contributed by atoms with Crippen molar-refractivity contribution in [3.63, 3.8) is 0 Å². The molecule has 11 nitrogen and oxygen atoms in total. The van der Waals surface area contributed by atoms with E-state index in [1.165, 1.54) is 141 Å². The topological polar surface area (TPSA) is 189 Å². The van der Waals surface area contributed by atoms with Crippen molar-refractivity contribution in [3.05, 3.63) is 24.3 Å². The van der Waals surface area contributed by atoms with Gasteiger partial charge in [-0.3, -0.25) is 4.79 Å². The van der Waals surface area contributed by atoms with E-state index in [-0.39, 0.29) is 12.8 Å². The van der Waals surface area contributed by atoms with E-state index in [4.69, 9.17) is 9.47 Å². The Hall–Kier alpha value is -1.41. The van der Waals surface area contributed by atoms with Gasteiger partial charge in [-0.15, -0.1) is 0 Å². The monoisotopic (exact) mass is 912 g/mol. The second-order valence-corrected chi connectivity index (χ2v) is 18.9. The molecule has 378 valence electrons. The normalized spacial score (nSPS) is 21.2. The average molecular weight is 912 g/mol. The summed E-state index contributed by atoms with van der Waals surface area (Å²) in [6, 6.07) is -1.19. The molecule has 0 bridgehead atoms. The lowest BCUT2D eigenvalue weighted by molar-refractivity contribution is -0.303. The van der Waals surface area contributed by atoms with Crippen LogP contribution in [0.4, 0.5) is 0 Å². The highest BCUT2D eigenvalue weighted by molar-refractivity contribution is 5.80. The SMILES string of the molecule is CCCCCCCCCCC/C=C\CCCCCCCCC(O)C(=O)NC(COC1OC(CO)C(O)C(O)C1O)C(O)C(O)CCC/C=C/CCCCCCCCCCCCCCC. The van der Waals surface area contributed by atoms with Gasteiger partial charge in [0.1, 0.15) is 36.6 Å². The highest BCUT2D eigenvalue weighted by atomic mass is 16.7. The third-order valence-corrected chi connectivity index (χ3v) is 13.0. The zero-order valence-corrected chi connectivity index (χ0v) is 41.0. The number of aliphatic hydroxyl groups excluding tert-OH is 7. The van der Waals surface area contributed by atoms with Crippen LogP contribution in [-0.4, -0.2) is 110 Å². The molecule has 1 rings (SSSR count). The van der Waals surface area contributed by atoms with E-state index in [0.717, 1.165) is 57.8 Å². The van der Waals surface area contributed by atoms with Gasteiger partial charge in [0.05, 0.1) is 25.4 Å². The van der Waals surface area contributed by atoms with Crippen LogP contribution in [0.2, 0.25) is 0 Å². The van der Waals surface area contributed by atoms with Crippen LogP contribution < -0.4 is 5.32 Å². The van der Waals surface area contributed by atoms with Crippen LogP contribution in [0.25, 0.3) is 0 Å². The van der Waals surface area contributed by atoms with Crippen molar-refractivity contribution >= 4 is 5.91 Å². The fraction of sp³-hybridized carbons (Fsp3) is 0.906. The van der Waals surface area contributed by atoms with Crippen molar-refractivity contribution in [1.29, 1.82) is 0 Å². The van der Waals surface area contributed by atoms with Gasteiger partial charge in [-0.1, -0.05) is 199 Å².